The van der Waals surface area contributed by atoms with Crippen LogP contribution in [0.5, 0.6) is 0 Å². The molecule has 1 aliphatic carbocycles. The van der Waals surface area contributed by atoms with Gasteiger partial charge < -0.3 is 15.1 Å². The van der Waals surface area contributed by atoms with E-state index in [1.165, 1.54) is 32.1 Å². The van der Waals surface area contributed by atoms with Crippen molar-refractivity contribution in [2.24, 2.45) is 5.92 Å². The highest BCUT2D eigenvalue weighted by molar-refractivity contribution is 5.97. The lowest BCUT2D eigenvalue weighted by molar-refractivity contribution is -0.116. The summed E-state index contributed by atoms with van der Waals surface area (Å²) < 4.78 is 0. The standard InChI is InChI=1S/C21H31N3O2/c1-23(12-4-7-16-5-3-6-16)13-14-24(2)21(26)18-8-10-19-17(15-18)9-11-20(25)22-19/h8,10,15-16H,3-7,9,11-14H2,1-2H3,(H,22,25). The zero-order valence-electron chi connectivity index (χ0n) is 16.1. The predicted octanol–water partition coefficient (Wildman–Crippen LogP) is 3.16. The van der Waals surface area contributed by atoms with Crippen molar-refractivity contribution < 1.29 is 9.59 Å². The molecule has 1 aliphatic heterocycles. The van der Waals surface area contributed by atoms with E-state index < -0.39 is 0 Å². The summed E-state index contributed by atoms with van der Waals surface area (Å²) in [7, 11) is 4.01. The van der Waals surface area contributed by atoms with Crippen molar-refractivity contribution in [3.8, 4) is 0 Å². The number of benzene rings is 1. The summed E-state index contributed by atoms with van der Waals surface area (Å²) in [6.45, 7) is 2.73. The van der Waals surface area contributed by atoms with E-state index in [9.17, 15) is 9.59 Å². The Labute approximate surface area is 156 Å². The molecular formula is C21H31N3O2. The number of hydrogen-bond donors (Lipinski definition) is 1. The van der Waals surface area contributed by atoms with E-state index in [2.05, 4.69) is 17.3 Å². The maximum absolute atomic E-state index is 12.7. The first-order chi connectivity index (χ1) is 12.5. The lowest BCUT2D eigenvalue weighted by Gasteiger charge is -2.27. The van der Waals surface area contributed by atoms with Gasteiger partial charge in [-0.1, -0.05) is 19.3 Å². The van der Waals surface area contributed by atoms with Crippen molar-refractivity contribution in [3.63, 3.8) is 0 Å². The Morgan fingerprint density at radius 1 is 1.15 bits per heavy atom. The summed E-state index contributed by atoms with van der Waals surface area (Å²) in [4.78, 5) is 28.2. The maximum Gasteiger partial charge on any atom is 0.253 e. The van der Waals surface area contributed by atoms with Crippen molar-refractivity contribution in [2.75, 3.05) is 39.0 Å². The van der Waals surface area contributed by atoms with Gasteiger partial charge in [0.2, 0.25) is 5.91 Å². The average molecular weight is 357 g/mol. The molecule has 5 heteroatoms. The van der Waals surface area contributed by atoms with E-state index in [0.717, 1.165) is 36.8 Å². The second-order valence-electron chi connectivity index (χ2n) is 7.89. The molecule has 1 aromatic rings. The van der Waals surface area contributed by atoms with Crippen LogP contribution in [-0.2, 0) is 11.2 Å². The number of nitrogens with one attached hydrogen (secondary N) is 1. The molecule has 1 heterocycles. The molecule has 1 saturated carbocycles. The lowest BCUT2D eigenvalue weighted by Crippen LogP contribution is -2.35. The summed E-state index contributed by atoms with van der Waals surface area (Å²) >= 11 is 0. The van der Waals surface area contributed by atoms with Crippen LogP contribution in [0, 0.1) is 5.92 Å². The Bertz CT molecular complexity index is 655. The number of amides is 2. The normalized spacial score (nSPS) is 16.8. The second-order valence-corrected chi connectivity index (χ2v) is 7.89. The third-order valence-corrected chi connectivity index (χ3v) is 5.79. The topological polar surface area (TPSA) is 52.7 Å². The van der Waals surface area contributed by atoms with Gasteiger partial charge in [0.1, 0.15) is 0 Å². The van der Waals surface area contributed by atoms with E-state index in [4.69, 9.17) is 0 Å². The number of hydrogen-bond acceptors (Lipinski definition) is 3. The van der Waals surface area contributed by atoms with Crippen LogP contribution in [-0.4, -0.2) is 55.3 Å². The molecular weight excluding hydrogens is 326 g/mol. The van der Waals surface area contributed by atoms with Gasteiger partial charge in [0.15, 0.2) is 0 Å². The summed E-state index contributed by atoms with van der Waals surface area (Å²) in [5, 5.41) is 2.86. The van der Waals surface area contributed by atoms with Gasteiger partial charge in [0, 0.05) is 37.8 Å². The summed E-state index contributed by atoms with van der Waals surface area (Å²) in [5.41, 5.74) is 2.60. The van der Waals surface area contributed by atoms with E-state index in [0.29, 0.717) is 18.4 Å². The van der Waals surface area contributed by atoms with Gasteiger partial charge in [-0.2, -0.15) is 0 Å². The van der Waals surface area contributed by atoms with Crippen molar-refractivity contribution >= 4 is 17.5 Å². The molecule has 0 radical (unpaired) electrons. The minimum Gasteiger partial charge on any atom is -0.340 e. The molecule has 26 heavy (non-hydrogen) atoms. The zero-order valence-corrected chi connectivity index (χ0v) is 16.1. The van der Waals surface area contributed by atoms with Crippen LogP contribution >= 0.6 is 0 Å². The molecule has 2 amide bonds. The number of fused-ring (bicyclic) bond motifs is 1. The third-order valence-electron chi connectivity index (χ3n) is 5.79. The molecule has 2 aliphatic rings. The minimum absolute atomic E-state index is 0.0487. The highest BCUT2D eigenvalue weighted by Gasteiger charge is 2.19. The summed E-state index contributed by atoms with van der Waals surface area (Å²) in [6, 6.07) is 5.58. The van der Waals surface area contributed by atoms with Gasteiger partial charge in [-0.3, -0.25) is 9.59 Å². The lowest BCUT2D eigenvalue weighted by atomic mass is 9.82. The Morgan fingerprint density at radius 2 is 1.96 bits per heavy atom. The zero-order chi connectivity index (χ0) is 18.5. The average Bonchev–Trinajstić information content (AvgIpc) is 2.60. The van der Waals surface area contributed by atoms with Crippen molar-refractivity contribution in [3.05, 3.63) is 29.3 Å². The first kappa shape index (κ1) is 18.9. The SMILES string of the molecule is CN(CCCC1CCC1)CCN(C)C(=O)c1ccc2c(c1)CCC(=O)N2. The van der Waals surface area contributed by atoms with Crippen molar-refractivity contribution in [1.29, 1.82) is 0 Å². The number of carbonyl (C=O) groups is 2. The van der Waals surface area contributed by atoms with Gasteiger partial charge in [-0.25, -0.2) is 0 Å². The number of likely N-dealkylation sites (N-methyl/N-ethyl adjacent to an activating group) is 2. The highest BCUT2D eigenvalue weighted by atomic mass is 16.2. The second kappa shape index (κ2) is 8.67. The molecule has 0 spiro atoms. The minimum atomic E-state index is 0.0487. The van der Waals surface area contributed by atoms with E-state index >= 15 is 0 Å². The molecule has 0 bridgehead atoms. The van der Waals surface area contributed by atoms with Gasteiger partial charge in [-0.15, -0.1) is 0 Å². The Balaban J connectivity index is 1.44. The molecule has 1 fully saturated rings. The van der Waals surface area contributed by atoms with E-state index in [1.807, 2.05) is 25.2 Å². The van der Waals surface area contributed by atoms with Crippen LogP contribution in [0.3, 0.4) is 0 Å². The number of aryl methyl sites for hydroxylation is 1. The van der Waals surface area contributed by atoms with Gasteiger partial charge in [0.05, 0.1) is 0 Å². The van der Waals surface area contributed by atoms with E-state index in [-0.39, 0.29) is 11.8 Å². The quantitative estimate of drug-likeness (QED) is 0.777. The molecule has 1 N–H and O–H groups in total. The fourth-order valence-corrected chi connectivity index (χ4v) is 3.70. The predicted molar refractivity (Wildman–Crippen MR) is 104 cm³/mol. The molecule has 1 aromatic carbocycles. The number of carbonyl (C=O) groups excluding carboxylic acids is 2. The van der Waals surface area contributed by atoms with Crippen LogP contribution in [0.25, 0.3) is 0 Å². The van der Waals surface area contributed by atoms with Crippen molar-refractivity contribution in [1.82, 2.24) is 9.80 Å². The fraction of sp³-hybridized carbons (Fsp3) is 0.619. The Kier molecular flexibility index (Phi) is 6.30. The molecule has 142 valence electrons. The molecule has 0 atom stereocenters. The molecule has 5 nitrogen and oxygen atoms in total. The fourth-order valence-electron chi connectivity index (χ4n) is 3.70. The Morgan fingerprint density at radius 3 is 2.69 bits per heavy atom. The molecule has 0 aromatic heterocycles. The van der Waals surface area contributed by atoms with Crippen LogP contribution < -0.4 is 5.32 Å². The van der Waals surface area contributed by atoms with Gasteiger partial charge >= 0.3 is 0 Å². The summed E-state index contributed by atoms with van der Waals surface area (Å²) in [5.74, 6) is 1.07. The largest absolute Gasteiger partial charge is 0.340 e. The number of rotatable bonds is 8. The Hall–Kier alpha value is -1.88. The highest BCUT2D eigenvalue weighted by Crippen LogP contribution is 2.30. The molecule has 3 rings (SSSR count). The van der Waals surface area contributed by atoms with Crippen molar-refractivity contribution in [2.45, 2.75) is 44.9 Å². The van der Waals surface area contributed by atoms with Crippen LogP contribution in [0.4, 0.5) is 5.69 Å². The molecule has 0 saturated heterocycles. The van der Waals surface area contributed by atoms with Crippen LogP contribution in [0.15, 0.2) is 18.2 Å². The first-order valence-electron chi connectivity index (χ1n) is 9.89. The molecule has 0 unspecified atom stereocenters. The van der Waals surface area contributed by atoms with Gasteiger partial charge in [0.25, 0.3) is 5.91 Å². The van der Waals surface area contributed by atoms with E-state index in [1.54, 1.807) is 4.90 Å². The van der Waals surface area contributed by atoms with Crippen LogP contribution in [0.1, 0.15) is 54.4 Å². The number of anilines is 1. The monoisotopic (exact) mass is 357 g/mol. The third kappa shape index (κ3) is 4.85. The first-order valence-corrected chi connectivity index (χ1v) is 9.89. The maximum atomic E-state index is 12.7. The number of nitrogens with zero attached hydrogens (tertiary/aromatic N) is 2. The van der Waals surface area contributed by atoms with Gasteiger partial charge in [-0.05, 0) is 62.5 Å². The summed E-state index contributed by atoms with van der Waals surface area (Å²) in [6.07, 6.45) is 8.07. The van der Waals surface area contributed by atoms with Crippen LogP contribution in [0.2, 0.25) is 0 Å². The smallest absolute Gasteiger partial charge is 0.253 e.